The molecule has 0 spiro atoms. The number of benzene rings is 1. The molecule has 1 aromatic carbocycles. The van der Waals surface area contributed by atoms with E-state index in [2.05, 4.69) is 37.6 Å². The number of hydrogen-bond acceptors (Lipinski definition) is 8. The highest BCUT2D eigenvalue weighted by atomic mass is 79.9. The summed E-state index contributed by atoms with van der Waals surface area (Å²) in [4.78, 5) is 28.9. The van der Waals surface area contributed by atoms with Crippen LogP contribution in [0.5, 0.6) is 6.01 Å². The van der Waals surface area contributed by atoms with Gasteiger partial charge < -0.3 is 19.1 Å². The second-order valence-electron chi connectivity index (χ2n) is 13.0. The minimum atomic E-state index is -0.549. The zero-order valence-electron chi connectivity index (χ0n) is 23.8. The van der Waals surface area contributed by atoms with Crippen LogP contribution in [0.15, 0.2) is 16.6 Å². The maximum atomic E-state index is 15.3. The summed E-state index contributed by atoms with van der Waals surface area (Å²) in [5.74, 6) is 0.226. The van der Waals surface area contributed by atoms with Crippen molar-refractivity contribution in [1.29, 1.82) is 0 Å². The Bertz CT molecular complexity index is 1270. The van der Waals surface area contributed by atoms with Crippen molar-refractivity contribution >= 4 is 38.7 Å². The van der Waals surface area contributed by atoms with Crippen molar-refractivity contribution < 1.29 is 23.4 Å². The lowest BCUT2D eigenvalue weighted by atomic mass is 10.1. The van der Waals surface area contributed by atoms with Gasteiger partial charge in [-0.15, -0.1) is 0 Å². The first kappa shape index (κ1) is 27.9. The molecule has 3 saturated heterocycles. The number of rotatable bonds is 6. The predicted octanol–water partition coefficient (Wildman–Crippen LogP) is 5.00. The molecular weight excluding hydrogens is 581 g/mol. The Morgan fingerprint density at radius 1 is 1.18 bits per heavy atom. The minimum absolute atomic E-state index is 0.00827. The molecule has 4 heterocycles. The van der Waals surface area contributed by atoms with Crippen molar-refractivity contribution in [2.45, 2.75) is 77.2 Å². The fourth-order valence-corrected chi connectivity index (χ4v) is 6.67. The molecule has 1 amide bonds. The van der Waals surface area contributed by atoms with Gasteiger partial charge in [0.15, 0.2) is 5.82 Å². The van der Waals surface area contributed by atoms with Gasteiger partial charge in [-0.05, 0) is 81.4 Å². The molecule has 218 valence electrons. The van der Waals surface area contributed by atoms with Crippen LogP contribution >= 0.6 is 15.9 Å². The Morgan fingerprint density at radius 3 is 2.55 bits per heavy atom. The van der Waals surface area contributed by atoms with E-state index >= 15 is 4.39 Å². The number of anilines is 1. The highest BCUT2D eigenvalue weighted by Gasteiger charge is 2.47. The average Bonchev–Trinajstić information content (AvgIpc) is 3.60. The van der Waals surface area contributed by atoms with Crippen LogP contribution in [0, 0.1) is 11.2 Å². The number of morpholine rings is 1. The van der Waals surface area contributed by atoms with Crippen LogP contribution in [0.1, 0.15) is 53.4 Å². The summed E-state index contributed by atoms with van der Waals surface area (Å²) in [5, 5.41) is 0.640. The average molecular weight is 621 g/mol. The van der Waals surface area contributed by atoms with Gasteiger partial charge in [-0.2, -0.15) is 9.97 Å². The molecule has 4 fully saturated rings. The van der Waals surface area contributed by atoms with Crippen LogP contribution in [0.25, 0.3) is 10.9 Å². The molecule has 3 aliphatic heterocycles. The number of carbonyl (C=O) groups excluding carboxylic acids is 1. The zero-order valence-corrected chi connectivity index (χ0v) is 25.4. The lowest BCUT2D eigenvalue weighted by Gasteiger charge is -2.42. The van der Waals surface area contributed by atoms with Gasteiger partial charge in [0.2, 0.25) is 0 Å². The summed E-state index contributed by atoms with van der Waals surface area (Å²) < 4.78 is 33.4. The zero-order chi connectivity index (χ0) is 28.2. The van der Waals surface area contributed by atoms with E-state index in [4.69, 9.17) is 19.2 Å². The highest BCUT2D eigenvalue weighted by molar-refractivity contribution is 9.10. The molecular formula is C29H39BrFN5O4. The van der Waals surface area contributed by atoms with E-state index in [1.54, 1.807) is 6.07 Å². The number of ether oxygens (including phenoxy) is 3. The lowest BCUT2D eigenvalue weighted by Crippen LogP contribution is -2.57. The third-order valence-corrected chi connectivity index (χ3v) is 9.07. The second-order valence-corrected chi connectivity index (χ2v) is 13.8. The molecule has 0 N–H and O–H groups in total. The molecule has 2 aromatic rings. The standard InChI is InChI=1S/C29H39BrFN5O4/c1-18-13-34(11-12-38-18)16-29(9-10-29)17-39-26-32-24-21(7-8-22(30)23(24)31)25(33-26)35-14-19-5-6-20(15-35)36(19)27(37)40-28(2,3)4/h7-8,18-20H,5-6,9-17H2,1-4H3/t18-,19?,20?/m0/s1. The Labute approximate surface area is 243 Å². The minimum Gasteiger partial charge on any atom is -0.463 e. The maximum absolute atomic E-state index is 15.3. The van der Waals surface area contributed by atoms with E-state index in [1.165, 1.54) is 0 Å². The summed E-state index contributed by atoms with van der Waals surface area (Å²) in [6, 6.07) is 3.76. The Hall–Kier alpha value is -2.24. The van der Waals surface area contributed by atoms with Gasteiger partial charge >= 0.3 is 12.1 Å². The second kappa shape index (κ2) is 10.5. The fourth-order valence-electron chi connectivity index (χ4n) is 6.35. The van der Waals surface area contributed by atoms with E-state index < -0.39 is 11.4 Å². The molecule has 2 bridgehead atoms. The quantitative estimate of drug-likeness (QED) is 0.447. The number of nitrogens with zero attached hydrogens (tertiary/aromatic N) is 5. The smallest absolute Gasteiger partial charge is 0.410 e. The molecule has 40 heavy (non-hydrogen) atoms. The van der Waals surface area contributed by atoms with Crippen LogP contribution in [0.3, 0.4) is 0 Å². The first-order valence-corrected chi connectivity index (χ1v) is 15.2. The molecule has 1 saturated carbocycles. The van der Waals surface area contributed by atoms with Crippen LogP contribution in [0.2, 0.25) is 0 Å². The van der Waals surface area contributed by atoms with Gasteiger partial charge in [0.05, 0.1) is 35.9 Å². The van der Waals surface area contributed by atoms with Crippen molar-refractivity contribution in [1.82, 2.24) is 19.8 Å². The van der Waals surface area contributed by atoms with Crippen molar-refractivity contribution in [3.63, 3.8) is 0 Å². The summed E-state index contributed by atoms with van der Waals surface area (Å²) in [7, 11) is 0. The van der Waals surface area contributed by atoms with Gasteiger partial charge in [0.1, 0.15) is 16.9 Å². The third kappa shape index (κ3) is 5.74. The van der Waals surface area contributed by atoms with E-state index in [0.717, 1.165) is 51.9 Å². The maximum Gasteiger partial charge on any atom is 0.410 e. The number of carbonyl (C=O) groups is 1. The number of halogens is 2. The Balaban J connectivity index is 1.23. The highest BCUT2D eigenvalue weighted by Crippen LogP contribution is 2.47. The molecule has 1 aromatic heterocycles. The van der Waals surface area contributed by atoms with Crippen molar-refractivity contribution in [2.24, 2.45) is 5.41 Å². The molecule has 11 heteroatoms. The van der Waals surface area contributed by atoms with E-state index in [-0.39, 0.29) is 41.2 Å². The van der Waals surface area contributed by atoms with Crippen LogP contribution in [-0.2, 0) is 9.47 Å². The lowest BCUT2D eigenvalue weighted by molar-refractivity contribution is -0.0273. The normalized spacial score (nSPS) is 26.3. The molecule has 2 unspecified atom stereocenters. The molecule has 6 rings (SSSR count). The first-order chi connectivity index (χ1) is 19.0. The number of piperazine rings is 1. The third-order valence-electron chi connectivity index (χ3n) is 8.45. The predicted molar refractivity (Wildman–Crippen MR) is 153 cm³/mol. The molecule has 3 atom stereocenters. The number of fused-ring (bicyclic) bond motifs is 3. The van der Waals surface area contributed by atoms with Gasteiger partial charge in [-0.25, -0.2) is 9.18 Å². The van der Waals surface area contributed by atoms with E-state index in [9.17, 15) is 4.79 Å². The van der Waals surface area contributed by atoms with Crippen LogP contribution in [0.4, 0.5) is 15.0 Å². The van der Waals surface area contributed by atoms with Crippen molar-refractivity contribution in [2.75, 3.05) is 50.8 Å². The van der Waals surface area contributed by atoms with Gasteiger partial charge in [-0.1, -0.05) is 0 Å². The summed E-state index contributed by atoms with van der Waals surface area (Å²) in [6.45, 7) is 13.0. The number of amides is 1. The fraction of sp³-hybridized carbons (Fsp3) is 0.690. The van der Waals surface area contributed by atoms with E-state index in [1.807, 2.05) is 31.7 Å². The van der Waals surface area contributed by atoms with Crippen molar-refractivity contribution in [3.8, 4) is 6.01 Å². The summed E-state index contributed by atoms with van der Waals surface area (Å²) in [6.07, 6.45) is 3.95. The SMILES string of the molecule is C[C@H]1CN(CC2(COc3nc(N4CC5CCC(C4)N5C(=O)OC(C)(C)C)c4ccc(Br)c(F)c4n3)CC2)CCO1. The first-order valence-electron chi connectivity index (χ1n) is 14.4. The van der Waals surface area contributed by atoms with Gasteiger partial charge in [0.25, 0.3) is 0 Å². The topological polar surface area (TPSA) is 80.3 Å². The Morgan fingerprint density at radius 2 is 1.90 bits per heavy atom. The largest absolute Gasteiger partial charge is 0.463 e. The van der Waals surface area contributed by atoms with E-state index in [0.29, 0.717) is 35.4 Å². The van der Waals surface area contributed by atoms with Gasteiger partial charge in [-0.3, -0.25) is 9.80 Å². The van der Waals surface area contributed by atoms with Crippen LogP contribution < -0.4 is 9.64 Å². The molecule has 9 nitrogen and oxygen atoms in total. The molecule has 0 radical (unpaired) electrons. The Kier molecular flexibility index (Phi) is 7.36. The van der Waals surface area contributed by atoms with Crippen LogP contribution in [-0.4, -0.2) is 95.6 Å². The molecule has 4 aliphatic rings. The number of hydrogen-bond donors (Lipinski definition) is 0. The van der Waals surface area contributed by atoms with Gasteiger partial charge in [0, 0.05) is 43.5 Å². The monoisotopic (exact) mass is 619 g/mol. The molecule has 1 aliphatic carbocycles. The van der Waals surface area contributed by atoms with Crippen molar-refractivity contribution in [3.05, 3.63) is 22.4 Å². The summed E-state index contributed by atoms with van der Waals surface area (Å²) in [5.41, 5.74) is -0.237. The summed E-state index contributed by atoms with van der Waals surface area (Å²) >= 11 is 3.32. The number of aromatic nitrogens is 2.